The van der Waals surface area contributed by atoms with Crippen LogP contribution in [0, 0.1) is 5.82 Å². The summed E-state index contributed by atoms with van der Waals surface area (Å²) in [6, 6.07) is 3.75. The molecule has 0 unspecified atom stereocenters. The van der Waals surface area contributed by atoms with Crippen molar-refractivity contribution in [3.63, 3.8) is 0 Å². The van der Waals surface area contributed by atoms with E-state index in [1.54, 1.807) is 0 Å². The number of hydrogen-bond donors (Lipinski definition) is 1. The Labute approximate surface area is 116 Å². The molecule has 0 fully saturated rings. The molecule has 0 radical (unpaired) electrons. The maximum absolute atomic E-state index is 12.8. The van der Waals surface area contributed by atoms with Gasteiger partial charge in [0.1, 0.15) is 11.6 Å². The highest BCUT2D eigenvalue weighted by atomic mass is 35.5. The number of carbonyl (C=O) groups excluding carboxylic acids is 1. The Bertz CT molecular complexity index is 415. The van der Waals surface area contributed by atoms with E-state index in [1.807, 2.05) is 6.92 Å². The molecule has 0 aliphatic rings. The predicted molar refractivity (Wildman–Crippen MR) is 71.0 cm³/mol. The largest absolute Gasteiger partial charge is 0.482 e. The van der Waals surface area contributed by atoms with Crippen LogP contribution in [-0.2, 0) is 9.53 Å². The maximum atomic E-state index is 12.8. The van der Waals surface area contributed by atoms with Gasteiger partial charge < -0.3 is 14.8 Å². The van der Waals surface area contributed by atoms with Crippen molar-refractivity contribution in [1.29, 1.82) is 0 Å². The highest BCUT2D eigenvalue weighted by Gasteiger charge is 2.06. The molecular formula is C13H17ClFNO3. The van der Waals surface area contributed by atoms with E-state index in [2.05, 4.69) is 5.32 Å². The molecular weight excluding hydrogens is 273 g/mol. The summed E-state index contributed by atoms with van der Waals surface area (Å²) in [5.74, 6) is -0.415. The van der Waals surface area contributed by atoms with Crippen molar-refractivity contribution < 1.29 is 18.7 Å². The second-order valence-corrected chi connectivity index (χ2v) is 4.17. The Morgan fingerprint density at radius 1 is 1.47 bits per heavy atom. The first-order valence-corrected chi connectivity index (χ1v) is 6.43. The van der Waals surface area contributed by atoms with Gasteiger partial charge in [0.25, 0.3) is 5.91 Å². The Hall–Kier alpha value is -1.33. The van der Waals surface area contributed by atoms with Crippen LogP contribution in [0.5, 0.6) is 5.75 Å². The summed E-state index contributed by atoms with van der Waals surface area (Å²) in [5, 5.41) is 2.82. The number of amides is 1. The smallest absolute Gasteiger partial charge is 0.257 e. The molecule has 4 nitrogen and oxygen atoms in total. The number of hydrogen-bond acceptors (Lipinski definition) is 3. The zero-order chi connectivity index (χ0) is 14.1. The van der Waals surface area contributed by atoms with Gasteiger partial charge in [-0.2, -0.15) is 0 Å². The Morgan fingerprint density at radius 3 is 2.95 bits per heavy atom. The lowest BCUT2D eigenvalue weighted by molar-refractivity contribution is -0.123. The first-order valence-electron chi connectivity index (χ1n) is 6.05. The van der Waals surface area contributed by atoms with E-state index in [1.165, 1.54) is 12.1 Å². The summed E-state index contributed by atoms with van der Waals surface area (Å²) < 4.78 is 23.1. The van der Waals surface area contributed by atoms with Crippen LogP contribution in [0.25, 0.3) is 0 Å². The third kappa shape index (κ3) is 6.40. The van der Waals surface area contributed by atoms with E-state index in [0.29, 0.717) is 19.8 Å². The Kier molecular flexibility index (Phi) is 7.22. The second kappa shape index (κ2) is 8.72. The van der Waals surface area contributed by atoms with Crippen molar-refractivity contribution in [2.24, 2.45) is 0 Å². The third-order valence-corrected chi connectivity index (χ3v) is 2.54. The van der Waals surface area contributed by atoms with Crippen LogP contribution in [0.3, 0.4) is 0 Å². The molecule has 0 spiro atoms. The molecule has 0 saturated carbocycles. The first kappa shape index (κ1) is 15.7. The number of nitrogens with one attached hydrogen (secondary N) is 1. The van der Waals surface area contributed by atoms with Gasteiger partial charge in [-0.05, 0) is 31.5 Å². The quantitative estimate of drug-likeness (QED) is 0.748. The lowest BCUT2D eigenvalue weighted by Gasteiger charge is -2.08. The summed E-state index contributed by atoms with van der Waals surface area (Å²) in [4.78, 5) is 11.4. The van der Waals surface area contributed by atoms with E-state index in [4.69, 9.17) is 21.1 Å². The Morgan fingerprint density at radius 2 is 2.26 bits per heavy atom. The van der Waals surface area contributed by atoms with Gasteiger partial charge in [-0.1, -0.05) is 11.6 Å². The predicted octanol–water partition coefficient (Wildman–Crippen LogP) is 2.40. The lowest BCUT2D eigenvalue weighted by atomic mass is 10.3. The van der Waals surface area contributed by atoms with Crippen molar-refractivity contribution in [3.05, 3.63) is 29.0 Å². The first-order chi connectivity index (χ1) is 9.13. The van der Waals surface area contributed by atoms with Gasteiger partial charge in [0.05, 0.1) is 5.02 Å². The van der Waals surface area contributed by atoms with Crippen LogP contribution < -0.4 is 10.1 Å². The minimum atomic E-state index is -0.447. The second-order valence-electron chi connectivity index (χ2n) is 3.76. The SMILES string of the molecule is CCOCCCNC(=O)COc1ccc(F)cc1Cl. The molecule has 0 saturated heterocycles. The fourth-order valence-electron chi connectivity index (χ4n) is 1.33. The summed E-state index contributed by atoms with van der Waals surface area (Å²) in [5.41, 5.74) is 0. The van der Waals surface area contributed by atoms with E-state index < -0.39 is 5.82 Å². The monoisotopic (exact) mass is 289 g/mol. The molecule has 6 heteroatoms. The summed E-state index contributed by atoms with van der Waals surface area (Å²) in [6.45, 7) is 3.57. The number of ether oxygens (including phenoxy) is 2. The molecule has 1 aromatic carbocycles. The fraction of sp³-hybridized carbons (Fsp3) is 0.462. The molecule has 0 atom stereocenters. The zero-order valence-electron chi connectivity index (χ0n) is 10.7. The van der Waals surface area contributed by atoms with Gasteiger partial charge in [-0.3, -0.25) is 4.79 Å². The van der Waals surface area contributed by atoms with E-state index in [9.17, 15) is 9.18 Å². The van der Waals surface area contributed by atoms with Crippen LogP contribution in [0.4, 0.5) is 4.39 Å². The fourth-order valence-corrected chi connectivity index (χ4v) is 1.55. The van der Waals surface area contributed by atoms with Crippen LogP contribution in [0.2, 0.25) is 5.02 Å². The molecule has 0 aliphatic carbocycles. The average molecular weight is 290 g/mol. The minimum Gasteiger partial charge on any atom is -0.482 e. The molecule has 1 rings (SSSR count). The van der Waals surface area contributed by atoms with Gasteiger partial charge in [0.2, 0.25) is 0 Å². The minimum absolute atomic E-state index is 0.143. The number of carbonyl (C=O) groups is 1. The molecule has 0 bridgehead atoms. The Balaban J connectivity index is 2.22. The normalized spacial score (nSPS) is 10.3. The van der Waals surface area contributed by atoms with Crippen molar-refractivity contribution in [2.75, 3.05) is 26.4 Å². The lowest BCUT2D eigenvalue weighted by Crippen LogP contribution is -2.30. The standard InChI is InChI=1S/C13H17ClFNO3/c1-2-18-7-3-6-16-13(17)9-19-12-5-4-10(15)8-11(12)14/h4-5,8H,2-3,6-7,9H2,1H3,(H,16,17). The van der Waals surface area contributed by atoms with Crippen LogP contribution in [0.15, 0.2) is 18.2 Å². The van der Waals surface area contributed by atoms with Crippen LogP contribution >= 0.6 is 11.6 Å². The summed E-state index contributed by atoms with van der Waals surface area (Å²) >= 11 is 5.76. The number of benzene rings is 1. The summed E-state index contributed by atoms with van der Waals surface area (Å²) in [6.07, 6.45) is 0.747. The molecule has 1 aromatic rings. The van der Waals surface area contributed by atoms with E-state index in [-0.39, 0.29) is 23.3 Å². The van der Waals surface area contributed by atoms with Crippen molar-refractivity contribution in [2.45, 2.75) is 13.3 Å². The van der Waals surface area contributed by atoms with Crippen molar-refractivity contribution in [1.82, 2.24) is 5.32 Å². The number of halogens is 2. The highest BCUT2D eigenvalue weighted by molar-refractivity contribution is 6.32. The average Bonchev–Trinajstić information content (AvgIpc) is 2.37. The van der Waals surface area contributed by atoms with Gasteiger partial charge in [-0.25, -0.2) is 4.39 Å². The van der Waals surface area contributed by atoms with E-state index in [0.717, 1.165) is 12.5 Å². The molecule has 0 aliphatic heterocycles. The third-order valence-electron chi connectivity index (χ3n) is 2.24. The topological polar surface area (TPSA) is 47.6 Å². The van der Waals surface area contributed by atoms with Crippen molar-refractivity contribution in [3.8, 4) is 5.75 Å². The van der Waals surface area contributed by atoms with Gasteiger partial charge in [0.15, 0.2) is 6.61 Å². The van der Waals surface area contributed by atoms with Gasteiger partial charge >= 0.3 is 0 Å². The van der Waals surface area contributed by atoms with Crippen LogP contribution in [0.1, 0.15) is 13.3 Å². The van der Waals surface area contributed by atoms with Crippen LogP contribution in [-0.4, -0.2) is 32.3 Å². The maximum Gasteiger partial charge on any atom is 0.257 e. The number of rotatable bonds is 8. The van der Waals surface area contributed by atoms with E-state index >= 15 is 0 Å². The highest BCUT2D eigenvalue weighted by Crippen LogP contribution is 2.24. The molecule has 19 heavy (non-hydrogen) atoms. The van der Waals surface area contributed by atoms with Crippen molar-refractivity contribution >= 4 is 17.5 Å². The molecule has 0 heterocycles. The molecule has 1 N–H and O–H groups in total. The van der Waals surface area contributed by atoms with Gasteiger partial charge in [-0.15, -0.1) is 0 Å². The van der Waals surface area contributed by atoms with Gasteiger partial charge in [0, 0.05) is 19.8 Å². The molecule has 1 amide bonds. The molecule has 0 aromatic heterocycles. The zero-order valence-corrected chi connectivity index (χ0v) is 11.5. The summed E-state index contributed by atoms with van der Waals surface area (Å²) in [7, 11) is 0. The molecule has 106 valence electrons.